The molecular formula is C27H44N4O2. The molecule has 3 aliphatic rings. The van der Waals surface area contributed by atoms with Gasteiger partial charge in [0.1, 0.15) is 0 Å². The fraction of sp³-hybridized carbons (Fsp3) is 0.741. The van der Waals surface area contributed by atoms with Crippen molar-refractivity contribution in [3.05, 3.63) is 35.4 Å². The van der Waals surface area contributed by atoms with E-state index in [-0.39, 0.29) is 12.0 Å². The normalized spacial score (nSPS) is 27.2. The lowest BCUT2D eigenvalue weighted by Crippen LogP contribution is -2.47. The van der Waals surface area contributed by atoms with E-state index < -0.39 is 0 Å². The molecule has 1 aliphatic carbocycles. The van der Waals surface area contributed by atoms with Crippen LogP contribution < -0.4 is 11.5 Å². The predicted molar refractivity (Wildman–Crippen MR) is 133 cm³/mol. The maximum absolute atomic E-state index is 11.6. The number of fused-ring (bicyclic) bond motifs is 2. The van der Waals surface area contributed by atoms with Crippen LogP contribution in [0.4, 0.5) is 0 Å². The number of aliphatic hydroxyl groups excluding tert-OH is 1. The number of rotatable bonds is 11. The zero-order valence-electron chi connectivity index (χ0n) is 20.2. The molecule has 3 fully saturated rings. The molecule has 0 spiro atoms. The smallest absolute Gasteiger partial charge is 0.248 e. The van der Waals surface area contributed by atoms with Gasteiger partial charge in [-0.3, -0.25) is 14.6 Å². The third kappa shape index (κ3) is 6.56. The summed E-state index contributed by atoms with van der Waals surface area (Å²) in [4.78, 5) is 16.9. The van der Waals surface area contributed by atoms with Crippen molar-refractivity contribution in [2.24, 2.45) is 17.4 Å². The lowest BCUT2D eigenvalue weighted by Gasteiger charge is -2.41. The van der Waals surface area contributed by atoms with Gasteiger partial charge in [0, 0.05) is 43.8 Å². The van der Waals surface area contributed by atoms with E-state index >= 15 is 0 Å². The molecule has 184 valence electrons. The average molecular weight is 457 g/mol. The van der Waals surface area contributed by atoms with Crippen LogP contribution in [0.3, 0.4) is 0 Å². The summed E-state index contributed by atoms with van der Waals surface area (Å²) in [6.07, 6.45) is 12.0. The highest BCUT2D eigenvalue weighted by Crippen LogP contribution is 2.43. The van der Waals surface area contributed by atoms with E-state index in [0.717, 1.165) is 44.9 Å². The molecule has 1 saturated carbocycles. The number of piperidine rings is 1. The van der Waals surface area contributed by atoms with Gasteiger partial charge in [0.2, 0.25) is 5.91 Å². The molecule has 2 bridgehead atoms. The summed E-state index contributed by atoms with van der Waals surface area (Å²) in [7, 11) is 0. The van der Waals surface area contributed by atoms with Crippen LogP contribution in [-0.4, -0.2) is 71.7 Å². The summed E-state index contributed by atoms with van der Waals surface area (Å²) in [6, 6.07) is 9.20. The molecule has 0 unspecified atom stereocenters. The van der Waals surface area contributed by atoms with Crippen molar-refractivity contribution in [2.75, 3.05) is 32.7 Å². The first-order valence-corrected chi connectivity index (χ1v) is 13.3. The van der Waals surface area contributed by atoms with Crippen LogP contribution in [0.2, 0.25) is 0 Å². The first kappa shape index (κ1) is 24.6. The SMILES string of the molecule is NCC[C@H](O)CN(CCN1[C@@H]2CC[C@H]1C[C@@H](c1cccc(C(N)=O)c1)C2)CC1CCCCC1. The second-order valence-corrected chi connectivity index (χ2v) is 10.8. The number of carbonyl (C=O) groups is 1. The fourth-order valence-corrected chi connectivity index (χ4v) is 6.69. The Balaban J connectivity index is 1.34. The highest BCUT2D eigenvalue weighted by Gasteiger charge is 2.41. The van der Waals surface area contributed by atoms with Gasteiger partial charge in [-0.2, -0.15) is 0 Å². The van der Waals surface area contributed by atoms with Crippen molar-refractivity contribution in [2.45, 2.75) is 88.3 Å². The van der Waals surface area contributed by atoms with Crippen molar-refractivity contribution < 1.29 is 9.90 Å². The molecule has 2 aliphatic heterocycles. The number of amides is 1. The predicted octanol–water partition coefficient (Wildman–Crippen LogP) is 3.09. The highest BCUT2D eigenvalue weighted by molar-refractivity contribution is 5.92. The Morgan fingerprint density at radius 3 is 2.52 bits per heavy atom. The van der Waals surface area contributed by atoms with Gasteiger partial charge in [0.05, 0.1) is 6.10 Å². The van der Waals surface area contributed by atoms with E-state index in [9.17, 15) is 9.90 Å². The molecule has 4 atom stereocenters. The van der Waals surface area contributed by atoms with Crippen molar-refractivity contribution in [3.8, 4) is 0 Å². The molecule has 0 radical (unpaired) electrons. The zero-order chi connectivity index (χ0) is 23.2. The van der Waals surface area contributed by atoms with Crippen LogP contribution in [0.5, 0.6) is 0 Å². The van der Waals surface area contributed by atoms with Crippen molar-refractivity contribution >= 4 is 5.91 Å². The molecule has 2 heterocycles. The maximum atomic E-state index is 11.6. The number of primary amides is 1. The van der Waals surface area contributed by atoms with Crippen molar-refractivity contribution in [1.29, 1.82) is 0 Å². The van der Waals surface area contributed by atoms with Crippen LogP contribution >= 0.6 is 0 Å². The standard InChI is InChI=1S/C27H44N4O2/c28-12-11-26(32)19-30(18-20-5-2-1-3-6-20)13-14-31-24-9-10-25(31)17-23(16-24)21-7-4-8-22(15-21)27(29)33/h4,7-8,15,20,23-26,32H,1-3,5-6,9-14,16-19,28H2,(H2,29,33)/t23-,24+,25-,26-/m0/s1. The van der Waals surface area contributed by atoms with E-state index in [0.29, 0.717) is 36.5 Å². The Hall–Kier alpha value is -1.47. The Morgan fingerprint density at radius 2 is 1.85 bits per heavy atom. The second-order valence-electron chi connectivity index (χ2n) is 10.8. The van der Waals surface area contributed by atoms with Crippen molar-refractivity contribution in [3.63, 3.8) is 0 Å². The molecule has 1 aromatic rings. The van der Waals surface area contributed by atoms with Crippen molar-refractivity contribution in [1.82, 2.24) is 9.80 Å². The minimum Gasteiger partial charge on any atom is -0.392 e. The summed E-state index contributed by atoms with van der Waals surface area (Å²) in [5.74, 6) is 0.957. The van der Waals surface area contributed by atoms with Crippen LogP contribution in [0.1, 0.15) is 86.0 Å². The monoisotopic (exact) mass is 456 g/mol. The Bertz CT molecular complexity index is 752. The minimum atomic E-state index is -0.341. The second kappa shape index (κ2) is 11.8. The molecular weight excluding hydrogens is 412 g/mol. The average Bonchev–Trinajstić information content (AvgIpc) is 3.05. The van der Waals surface area contributed by atoms with Gasteiger partial charge < -0.3 is 16.6 Å². The van der Waals surface area contributed by atoms with E-state index in [1.165, 1.54) is 50.5 Å². The van der Waals surface area contributed by atoms with Crippen LogP contribution in [-0.2, 0) is 0 Å². The summed E-state index contributed by atoms with van der Waals surface area (Å²) in [5.41, 5.74) is 13.1. The number of hydrogen-bond donors (Lipinski definition) is 3. The van der Waals surface area contributed by atoms with Gasteiger partial charge in [-0.15, -0.1) is 0 Å². The fourth-order valence-electron chi connectivity index (χ4n) is 6.69. The number of hydrogen-bond acceptors (Lipinski definition) is 5. The Labute approximate surface area is 199 Å². The molecule has 1 amide bonds. The molecule has 33 heavy (non-hydrogen) atoms. The van der Waals surface area contributed by atoms with Gasteiger partial charge in [-0.25, -0.2) is 0 Å². The Morgan fingerprint density at radius 1 is 1.12 bits per heavy atom. The van der Waals surface area contributed by atoms with Gasteiger partial charge in [-0.05, 0) is 81.0 Å². The molecule has 6 heteroatoms. The van der Waals surface area contributed by atoms with Gasteiger partial charge in [0.15, 0.2) is 0 Å². The molecule has 2 saturated heterocycles. The molecule has 6 nitrogen and oxygen atoms in total. The third-order valence-corrected chi connectivity index (χ3v) is 8.41. The van der Waals surface area contributed by atoms with Gasteiger partial charge in [0.25, 0.3) is 0 Å². The number of nitrogens with zero attached hydrogens (tertiary/aromatic N) is 2. The Kier molecular flexibility index (Phi) is 8.80. The first-order chi connectivity index (χ1) is 16.0. The zero-order valence-corrected chi connectivity index (χ0v) is 20.2. The highest BCUT2D eigenvalue weighted by atomic mass is 16.3. The van der Waals surface area contributed by atoms with Gasteiger partial charge >= 0.3 is 0 Å². The van der Waals surface area contributed by atoms with Crippen LogP contribution in [0.15, 0.2) is 24.3 Å². The number of nitrogens with two attached hydrogens (primary N) is 2. The summed E-state index contributed by atoms with van der Waals surface area (Å²) in [6.45, 7) is 4.54. The lowest BCUT2D eigenvalue weighted by atomic mass is 9.84. The summed E-state index contributed by atoms with van der Waals surface area (Å²) < 4.78 is 0. The maximum Gasteiger partial charge on any atom is 0.248 e. The lowest BCUT2D eigenvalue weighted by molar-refractivity contribution is 0.0674. The molecule has 0 aromatic heterocycles. The number of benzene rings is 1. The van der Waals surface area contributed by atoms with Crippen LogP contribution in [0.25, 0.3) is 0 Å². The van der Waals surface area contributed by atoms with E-state index in [1.807, 2.05) is 18.2 Å². The molecule has 4 rings (SSSR count). The third-order valence-electron chi connectivity index (χ3n) is 8.41. The topological polar surface area (TPSA) is 95.8 Å². The van der Waals surface area contributed by atoms with E-state index in [1.54, 1.807) is 0 Å². The molecule has 5 N–H and O–H groups in total. The quantitative estimate of drug-likeness (QED) is 0.476. The first-order valence-electron chi connectivity index (χ1n) is 13.3. The van der Waals surface area contributed by atoms with E-state index in [4.69, 9.17) is 11.5 Å². The summed E-state index contributed by atoms with van der Waals surface area (Å²) >= 11 is 0. The van der Waals surface area contributed by atoms with Gasteiger partial charge in [-0.1, -0.05) is 31.4 Å². The summed E-state index contributed by atoms with van der Waals surface area (Å²) in [5, 5.41) is 10.5. The largest absolute Gasteiger partial charge is 0.392 e. The van der Waals surface area contributed by atoms with Crippen LogP contribution in [0, 0.1) is 5.92 Å². The minimum absolute atomic E-state index is 0.321. The molecule has 1 aromatic carbocycles. The number of carbonyl (C=O) groups excluding carboxylic acids is 1. The van der Waals surface area contributed by atoms with E-state index in [2.05, 4.69) is 15.9 Å². The number of aliphatic hydroxyl groups is 1.